The van der Waals surface area contributed by atoms with Crippen LogP contribution in [0.4, 0.5) is 0 Å². The van der Waals surface area contributed by atoms with Crippen LogP contribution in [0.5, 0.6) is 0 Å². The number of pyridine rings is 1. The molecule has 0 saturated heterocycles. The summed E-state index contributed by atoms with van der Waals surface area (Å²) < 4.78 is 0. The van der Waals surface area contributed by atoms with Crippen molar-refractivity contribution in [2.75, 3.05) is 7.05 Å². The van der Waals surface area contributed by atoms with Gasteiger partial charge in [-0.15, -0.1) is 0 Å². The van der Waals surface area contributed by atoms with E-state index in [2.05, 4.69) is 10.3 Å². The van der Waals surface area contributed by atoms with Gasteiger partial charge in [0.1, 0.15) is 5.15 Å². The molecule has 0 radical (unpaired) electrons. The predicted octanol–water partition coefficient (Wildman–Crippen LogP) is 1.58. The van der Waals surface area contributed by atoms with Crippen molar-refractivity contribution in [3.05, 3.63) is 29.0 Å². The van der Waals surface area contributed by atoms with Gasteiger partial charge in [0.25, 0.3) is 0 Å². The molecular formula is C9H11ClN2O. The molecule has 3 nitrogen and oxygen atoms in total. The molecule has 0 aliphatic rings. The number of hydrogen-bond acceptors (Lipinski definition) is 2. The van der Waals surface area contributed by atoms with Crippen LogP contribution in [0.15, 0.2) is 18.3 Å². The van der Waals surface area contributed by atoms with Gasteiger partial charge in [0.2, 0.25) is 5.91 Å². The second-order valence-corrected chi connectivity index (χ2v) is 3.14. The van der Waals surface area contributed by atoms with E-state index in [9.17, 15) is 4.79 Å². The Morgan fingerprint density at radius 1 is 1.62 bits per heavy atom. The quantitative estimate of drug-likeness (QED) is 0.734. The van der Waals surface area contributed by atoms with E-state index < -0.39 is 0 Å². The number of halogens is 1. The fourth-order valence-electron chi connectivity index (χ4n) is 1.01. The fourth-order valence-corrected chi connectivity index (χ4v) is 1.12. The smallest absolute Gasteiger partial charge is 0.227 e. The first-order chi connectivity index (χ1) is 6.15. The molecule has 0 spiro atoms. The molecule has 13 heavy (non-hydrogen) atoms. The molecule has 1 rings (SSSR count). The van der Waals surface area contributed by atoms with Crippen molar-refractivity contribution in [2.24, 2.45) is 0 Å². The molecule has 0 fully saturated rings. The average molecular weight is 199 g/mol. The summed E-state index contributed by atoms with van der Waals surface area (Å²) >= 11 is 5.62. The van der Waals surface area contributed by atoms with E-state index in [1.54, 1.807) is 25.4 Å². The molecule has 1 amide bonds. The standard InChI is InChI=1S/C9H11ClN2O/c1-6(9(13)11-2)7-3-4-8(10)12-5-7/h3-6H,1-2H3,(H,11,13). The van der Waals surface area contributed by atoms with Crippen molar-refractivity contribution >= 4 is 17.5 Å². The topological polar surface area (TPSA) is 42.0 Å². The van der Waals surface area contributed by atoms with Gasteiger partial charge in [-0.05, 0) is 18.6 Å². The van der Waals surface area contributed by atoms with Gasteiger partial charge in [-0.1, -0.05) is 17.7 Å². The van der Waals surface area contributed by atoms with Gasteiger partial charge in [0, 0.05) is 13.2 Å². The van der Waals surface area contributed by atoms with Crippen molar-refractivity contribution in [1.29, 1.82) is 0 Å². The highest BCUT2D eigenvalue weighted by Crippen LogP contribution is 2.15. The van der Waals surface area contributed by atoms with Crippen LogP contribution in [-0.4, -0.2) is 17.9 Å². The van der Waals surface area contributed by atoms with Crippen molar-refractivity contribution in [3.63, 3.8) is 0 Å². The summed E-state index contributed by atoms with van der Waals surface area (Å²) in [7, 11) is 1.61. The Balaban J connectivity index is 2.83. The molecule has 0 aliphatic heterocycles. The maximum atomic E-state index is 11.2. The lowest BCUT2D eigenvalue weighted by Crippen LogP contribution is -2.23. The molecule has 0 saturated carbocycles. The maximum Gasteiger partial charge on any atom is 0.227 e. The lowest BCUT2D eigenvalue weighted by Gasteiger charge is -2.08. The molecule has 1 heterocycles. The molecule has 1 aromatic rings. The number of carbonyl (C=O) groups is 1. The van der Waals surface area contributed by atoms with Crippen molar-refractivity contribution in [2.45, 2.75) is 12.8 Å². The summed E-state index contributed by atoms with van der Waals surface area (Å²) in [6, 6.07) is 3.48. The minimum Gasteiger partial charge on any atom is -0.359 e. The Hall–Kier alpha value is -1.09. The molecule has 1 atom stereocenters. The molecule has 0 aromatic carbocycles. The summed E-state index contributed by atoms with van der Waals surface area (Å²) in [6.45, 7) is 1.82. The number of aromatic nitrogens is 1. The zero-order valence-corrected chi connectivity index (χ0v) is 8.30. The average Bonchev–Trinajstić information content (AvgIpc) is 2.17. The Morgan fingerprint density at radius 2 is 2.31 bits per heavy atom. The number of amides is 1. The van der Waals surface area contributed by atoms with E-state index in [4.69, 9.17) is 11.6 Å². The molecule has 1 aromatic heterocycles. The van der Waals surface area contributed by atoms with Gasteiger partial charge in [-0.25, -0.2) is 4.98 Å². The zero-order chi connectivity index (χ0) is 9.84. The van der Waals surface area contributed by atoms with Crippen molar-refractivity contribution in [1.82, 2.24) is 10.3 Å². The van der Waals surface area contributed by atoms with Gasteiger partial charge < -0.3 is 5.32 Å². The lowest BCUT2D eigenvalue weighted by atomic mass is 10.0. The number of nitrogens with zero attached hydrogens (tertiary/aromatic N) is 1. The second-order valence-electron chi connectivity index (χ2n) is 2.75. The number of rotatable bonds is 2. The first-order valence-electron chi connectivity index (χ1n) is 3.98. The normalized spacial score (nSPS) is 12.2. The molecule has 1 unspecified atom stereocenters. The van der Waals surface area contributed by atoms with E-state index in [0.29, 0.717) is 5.15 Å². The summed E-state index contributed by atoms with van der Waals surface area (Å²) in [5.74, 6) is -0.209. The lowest BCUT2D eigenvalue weighted by molar-refractivity contribution is -0.121. The monoisotopic (exact) mass is 198 g/mol. The summed E-state index contributed by atoms with van der Waals surface area (Å²) in [5.41, 5.74) is 0.865. The fraction of sp³-hybridized carbons (Fsp3) is 0.333. The molecule has 1 N–H and O–H groups in total. The largest absolute Gasteiger partial charge is 0.359 e. The zero-order valence-electron chi connectivity index (χ0n) is 7.54. The third-order valence-electron chi connectivity index (χ3n) is 1.89. The Kier molecular flexibility index (Phi) is 3.25. The molecule has 4 heteroatoms. The third kappa shape index (κ3) is 2.42. The van der Waals surface area contributed by atoms with Crippen molar-refractivity contribution in [3.8, 4) is 0 Å². The first-order valence-corrected chi connectivity index (χ1v) is 4.36. The van der Waals surface area contributed by atoms with Crippen LogP contribution < -0.4 is 5.32 Å². The van der Waals surface area contributed by atoms with Crippen LogP contribution in [0.25, 0.3) is 0 Å². The SMILES string of the molecule is CNC(=O)C(C)c1ccc(Cl)nc1. The van der Waals surface area contributed by atoms with E-state index in [1.165, 1.54) is 0 Å². The van der Waals surface area contributed by atoms with Crippen LogP contribution in [0.1, 0.15) is 18.4 Å². The summed E-state index contributed by atoms with van der Waals surface area (Å²) in [6.07, 6.45) is 1.61. The number of nitrogens with one attached hydrogen (secondary N) is 1. The third-order valence-corrected chi connectivity index (χ3v) is 2.11. The highest BCUT2D eigenvalue weighted by Gasteiger charge is 2.13. The van der Waals surface area contributed by atoms with Crippen LogP contribution in [0.3, 0.4) is 0 Å². The Morgan fingerprint density at radius 3 is 2.77 bits per heavy atom. The second kappa shape index (κ2) is 4.23. The van der Waals surface area contributed by atoms with Crippen LogP contribution in [0.2, 0.25) is 5.15 Å². The van der Waals surface area contributed by atoms with E-state index in [0.717, 1.165) is 5.56 Å². The predicted molar refractivity (Wildman–Crippen MR) is 51.7 cm³/mol. The van der Waals surface area contributed by atoms with E-state index >= 15 is 0 Å². The summed E-state index contributed by atoms with van der Waals surface area (Å²) in [5, 5.41) is 3.02. The molecule has 0 bridgehead atoms. The molecule has 0 aliphatic carbocycles. The van der Waals surface area contributed by atoms with Crippen LogP contribution in [0, 0.1) is 0 Å². The van der Waals surface area contributed by atoms with Crippen LogP contribution in [-0.2, 0) is 4.79 Å². The van der Waals surface area contributed by atoms with Crippen LogP contribution >= 0.6 is 11.6 Å². The first kappa shape index (κ1) is 9.99. The Labute approximate surface area is 82.1 Å². The minimum absolute atomic E-state index is 0.0240. The van der Waals surface area contributed by atoms with E-state index in [1.807, 2.05) is 6.92 Å². The van der Waals surface area contributed by atoms with Gasteiger partial charge in [-0.2, -0.15) is 0 Å². The Bertz CT molecular complexity index is 297. The molecular weight excluding hydrogens is 188 g/mol. The number of likely N-dealkylation sites (N-methyl/N-ethyl adjacent to an activating group) is 1. The summed E-state index contributed by atoms with van der Waals surface area (Å²) in [4.78, 5) is 15.1. The van der Waals surface area contributed by atoms with Gasteiger partial charge in [0.05, 0.1) is 5.92 Å². The van der Waals surface area contributed by atoms with Gasteiger partial charge in [-0.3, -0.25) is 4.79 Å². The maximum absolute atomic E-state index is 11.2. The van der Waals surface area contributed by atoms with Gasteiger partial charge in [0.15, 0.2) is 0 Å². The van der Waals surface area contributed by atoms with E-state index in [-0.39, 0.29) is 11.8 Å². The van der Waals surface area contributed by atoms with Crippen molar-refractivity contribution < 1.29 is 4.79 Å². The number of carbonyl (C=O) groups excluding carboxylic acids is 1. The minimum atomic E-state index is -0.185. The number of hydrogen-bond donors (Lipinski definition) is 1. The highest BCUT2D eigenvalue weighted by molar-refractivity contribution is 6.29. The van der Waals surface area contributed by atoms with Gasteiger partial charge >= 0.3 is 0 Å². The molecule has 70 valence electrons. The highest BCUT2D eigenvalue weighted by atomic mass is 35.5.